The highest BCUT2D eigenvalue weighted by Gasteiger charge is 2.38. The minimum atomic E-state index is -0.558. The zero-order chi connectivity index (χ0) is 14.6. The molecule has 1 unspecified atom stereocenters. The first-order chi connectivity index (χ1) is 9.57. The van der Waals surface area contributed by atoms with E-state index >= 15 is 0 Å². The van der Waals surface area contributed by atoms with Crippen LogP contribution in [-0.2, 0) is 11.2 Å². The first-order valence-corrected chi connectivity index (χ1v) is 7.41. The molecule has 0 amide bonds. The number of hydrogen-bond acceptors (Lipinski definition) is 2. The van der Waals surface area contributed by atoms with E-state index in [1.165, 1.54) is 18.6 Å². The van der Waals surface area contributed by atoms with Gasteiger partial charge in [0, 0.05) is 18.7 Å². The Labute approximate surface area is 119 Å². The van der Waals surface area contributed by atoms with Crippen molar-refractivity contribution in [1.82, 2.24) is 0 Å². The van der Waals surface area contributed by atoms with E-state index in [1.807, 2.05) is 6.92 Å². The number of hydrogen-bond donors (Lipinski definition) is 1. The van der Waals surface area contributed by atoms with E-state index in [0.717, 1.165) is 31.7 Å². The van der Waals surface area contributed by atoms with Gasteiger partial charge >= 0.3 is 0 Å². The van der Waals surface area contributed by atoms with E-state index in [0.29, 0.717) is 18.6 Å². The van der Waals surface area contributed by atoms with Crippen LogP contribution in [0.3, 0.4) is 0 Å². The summed E-state index contributed by atoms with van der Waals surface area (Å²) in [7, 11) is 0. The molecule has 2 N–H and O–H groups in total. The number of nitrogens with two attached hydrogens (primary N) is 1. The normalized spacial score (nSPS) is 19.8. The van der Waals surface area contributed by atoms with Crippen LogP contribution >= 0.6 is 0 Å². The van der Waals surface area contributed by atoms with E-state index < -0.39 is 11.6 Å². The van der Waals surface area contributed by atoms with Gasteiger partial charge in [0.2, 0.25) is 0 Å². The predicted molar refractivity (Wildman–Crippen MR) is 75.5 cm³/mol. The molecule has 2 rings (SSSR count). The van der Waals surface area contributed by atoms with Crippen LogP contribution in [0.25, 0.3) is 0 Å². The molecule has 0 aromatic heterocycles. The molecular weight excluding hydrogens is 260 g/mol. The topological polar surface area (TPSA) is 35.2 Å². The van der Waals surface area contributed by atoms with Crippen molar-refractivity contribution in [3.05, 3.63) is 35.4 Å². The van der Waals surface area contributed by atoms with Gasteiger partial charge in [0.25, 0.3) is 0 Å². The summed E-state index contributed by atoms with van der Waals surface area (Å²) in [5.41, 5.74) is 6.43. The number of benzene rings is 1. The van der Waals surface area contributed by atoms with Gasteiger partial charge in [0.1, 0.15) is 11.6 Å². The Balaban J connectivity index is 2.13. The molecule has 0 saturated heterocycles. The molecule has 1 aliphatic carbocycles. The standard InChI is InChI=1S/C16H23F2NO/c1-2-20-16(8-4-3-5-9-16)15(19)10-12-6-7-13(17)11-14(12)18/h6-7,11,15H,2-5,8-10,19H2,1H3. The van der Waals surface area contributed by atoms with Crippen molar-refractivity contribution in [2.75, 3.05) is 6.61 Å². The van der Waals surface area contributed by atoms with Crippen LogP contribution in [0.1, 0.15) is 44.6 Å². The number of rotatable bonds is 5. The van der Waals surface area contributed by atoms with E-state index in [4.69, 9.17) is 10.5 Å². The quantitative estimate of drug-likeness (QED) is 0.896. The molecule has 4 heteroatoms. The Morgan fingerprint density at radius 1 is 1.25 bits per heavy atom. The Hall–Kier alpha value is -1.00. The smallest absolute Gasteiger partial charge is 0.129 e. The summed E-state index contributed by atoms with van der Waals surface area (Å²) in [6.07, 6.45) is 5.62. The summed E-state index contributed by atoms with van der Waals surface area (Å²) in [6.45, 7) is 2.57. The lowest BCUT2D eigenvalue weighted by Gasteiger charge is -2.41. The van der Waals surface area contributed by atoms with Gasteiger partial charge in [-0.1, -0.05) is 25.3 Å². The molecule has 1 aromatic carbocycles. The van der Waals surface area contributed by atoms with Gasteiger partial charge in [-0.2, -0.15) is 0 Å². The molecule has 0 radical (unpaired) electrons. The van der Waals surface area contributed by atoms with Crippen LogP contribution in [0.2, 0.25) is 0 Å². The summed E-state index contributed by atoms with van der Waals surface area (Å²) in [5, 5.41) is 0. The third-order valence-corrected chi connectivity index (χ3v) is 4.26. The van der Waals surface area contributed by atoms with Crippen molar-refractivity contribution in [2.45, 2.75) is 57.1 Å². The van der Waals surface area contributed by atoms with Crippen LogP contribution in [0.5, 0.6) is 0 Å². The van der Waals surface area contributed by atoms with Crippen molar-refractivity contribution < 1.29 is 13.5 Å². The Morgan fingerprint density at radius 3 is 2.55 bits per heavy atom. The first-order valence-electron chi connectivity index (χ1n) is 7.41. The third kappa shape index (κ3) is 3.36. The Bertz CT molecular complexity index is 439. The number of ether oxygens (including phenoxy) is 1. The van der Waals surface area contributed by atoms with Gasteiger partial charge in [-0.15, -0.1) is 0 Å². The van der Waals surface area contributed by atoms with Crippen LogP contribution in [0, 0.1) is 11.6 Å². The van der Waals surface area contributed by atoms with Crippen LogP contribution < -0.4 is 5.73 Å². The van der Waals surface area contributed by atoms with Gasteiger partial charge in [0.15, 0.2) is 0 Å². The number of halogens is 2. The Morgan fingerprint density at radius 2 is 1.95 bits per heavy atom. The second-order valence-corrected chi connectivity index (χ2v) is 5.60. The maximum Gasteiger partial charge on any atom is 0.129 e. The van der Waals surface area contributed by atoms with Gasteiger partial charge in [-0.05, 0) is 37.8 Å². The molecule has 0 heterocycles. The minimum absolute atomic E-state index is 0.261. The fourth-order valence-electron chi connectivity index (χ4n) is 3.17. The van der Waals surface area contributed by atoms with Gasteiger partial charge < -0.3 is 10.5 Å². The van der Waals surface area contributed by atoms with Crippen molar-refractivity contribution in [2.24, 2.45) is 5.73 Å². The molecule has 0 aliphatic heterocycles. The molecule has 2 nitrogen and oxygen atoms in total. The second-order valence-electron chi connectivity index (χ2n) is 5.60. The fourth-order valence-corrected chi connectivity index (χ4v) is 3.17. The molecule has 20 heavy (non-hydrogen) atoms. The average molecular weight is 283 g/mol. The largest absolute Gasteiger partial charge is 0.374 e. The third-order valence-electron chi connectivity index (χ3n) is 4.26. The summed E-state index contributed by atoms with van der Waals surface area (Å²) < 4.78 is 32.6. The predicted octanol–water partition coefficient (Wildman–Crippen LogP) is 3.57. The summed E-state index contributed by atoms with van der Waals surface area (Å²) in [5.74, 6) is -1.08. The molecule has 1 fully saturated rings. The summed E-state index contributed by atoms with van der Waals surface area (Å²) in [4.78, 5) is 0. The maximum absolute atomic E-state index is 13.8. The average Bonchev–Trinajstić information content (AvgIpc) is 2.43. The lowest BCUT2D eigenvalue weighted by molar-refractivity contribution is -0.0818. The van der Waals surface area contributed by atoms with Gasteiger partial charge in [-0.25, -0.2) is 8.78 Å². The molecule has 1 atom stereocenters. The molecular formula is C16H23F2NO. The van der Waals surface area contributed by atoms with E-state index in [2.05, 4.69) is 0 Å². The zero-order valence-corrected chi connectivity index (χ0v) is 12.0. The highest BCUT2D eigenvalue weighted by molar-refractivity contribution is 5.20. The molecule has 1 saturated carbocycles. The van der Waals surface area contributed by atoms with Crippen molar-refractivity contribution in [3.63, 3.8) is 0 Å². The monoisotopic (exact) mass is 283 g/mol. The van der Waals surface area contributed by atoms with Crippen LogP contribution in [0.15, 0.2) is 18.2 Å². The van der Waals surface area contributed by atoms with Crippen molar-refractivity contribution >= 4 is 0 Å². The molecule has 1 aliphatic rings. The fraction of sp³-hybridized carbons (Fsp3) is 0.625. The van der Waals surface area contributed by atoms with Crippen molar-refractivity contribution in [3.8, 4) is 0 Å². The Kier molecular flexibility index (Phi) is 5.11. The highest BCUT2D eigenvalue weighted by Crippen LogP contribution is 2.35. The van der Waals surface area contributed by atoms with Crippen molar-refractivity contribution in [1.29, 1.82) is 0 Å². The van der Waals surface area contributed by atoms with Gasteiger partial charge in [-0.3, -0.25) is 0 Å². The molecule has 112 valence electrons. The maximum atomic E-state index is 13.8. The lowest BCUT2D eigenvalue weighted by atomic mass is 9.77. The van der Waals surface area contributed by atoms with E-state index in [-0.39, 0.29) is 11.6 Å². The lowest BCUT2D eigenvalue weighted by Crippen LogP contribution is -2.52. The van der Waals surface area contributed by atoms with E-state index in [1.54, 1.807) is 0 Å². The summed E-state index contributed by atoms with van der Waals surface area (Å²) >= 11 is 0. The molecule has 0 bridgehead atoms. The van der Waals surface area contributed by atoms with Crippen LogP contribution in [-0.4, -0.2) is 18.2 Å². The zero-order valence-electron chi connectivity index (χ0n) is 12.0. The highest BCUT2D eigenvalue weighted by atomic mass is 19.1. The summed E-state index contributed by atoms with van der Waals surface area (Å²) in [6, 6.07) is 3.41. The van der Waals surface area contributed by atoms with Gasteiger partial charge in [0.05, 0.1) is 5.60 Å². The molecule has 0 spiro atoms. The van der Waals surface area contributed by atoms with Crippen LogP contribution in [0.4, 0.5) is 8.78 Å². The second kappa shape index (κ2) is 6.64. The van der Waals surface area contributed by atoms with E-state index in [9.17, 15) is 8.78 Å². The SMILES string of the molecule is CCOC1(C(N)Cc2ccc(F)cc2F)CCCCC1. The molecule has 1 aromatic rings. The first kappa shape index (κ1) is 15.4. The minimum Gasteiger partial charge on any atom is -0.374 e.